The molecule has 0 saturated heterocycles. The second-order valence-corrected chi connectivity index (χ2v) is 8.50. The smallest absolute Gasteiger partial charge is 0.241 e. The second-order valence-electron chi connectivity index (χ2n) is 8.09. The van der Waals surface area contributed by atoms with Crippen molar-refractivity contribution in [2.75, 3.05) is 10.6 Å². The molecule has 1 amide bonds. The number of pyridine rings is 1. The van der Waals surface area contributed by atoms with E-state index >= 15 is 0 Å². The third-order valence-corrected chi connectivity index (χ3v) is 5.52. The van der Waals surface area contributed by atoms with E-state index in [1.807, 2.05) is 50.2 Å². The number of fused-ring (bicyclic) bond motifs is 1. The fraction of sp³-hybridized carbons (Fsp3) is 0.200. The van der Waals surface area contributed by atoms with Gasteiger partial charge in [0.15, 0.2) is 0 Å². The highest BCUT2D eigenvalue weighted by Crippen LogP contribution is 2.31. The molecule has 9 heteroatoms. The van der Waals surface area contributed by atoms with Crippen LogP contribution in [0, 0.1) is 5.92 Å². The molecule has 4 N–H and O–H groups in total. The van der Waals surface area contributed by atoms with Crippen molar-refractivity contribution >= 4 is 45.6 Å². The number of rotatable bonds is 8. The van der Waals surface area contributed by atoms with Crippen LogP contribution in [-0.4, -0.2) is 26.9 Å². The number of amides is 1. The number of nitrogens with two attached hydrogens (primary N) is 1. The summed E-state index contributed by atoms with van der Waals surface area (Å²) >= 11 is 6.44. The van der Waals surface area contributed by atoms with Crippen molar-refractivity contribution in [1.29, 1.82) is 0 Å². The van der Waals surface area contributed by atoms with E-state index < -0.39 is 6.04 Å². The minimum Gasteiger partial charge on any atom is -0.486 e. The molecule has 8 nitrogen and oxygen atoms in total. The number of anilines is 3. The van der Waals surface area contributed by atoms with Crippen molar-refractivity contribution < 1.29 is 9.53 Å². The largest absolute Gasteiger partial charge is 0.486 e. The predicted molar refractivity (Wildman–Crippen MR) is 134 cm³/mol. The lowest BCUT2D eigenvalue weighted by atomic mass is 10.0. The molecular formula is C25H25ClN6O2. The summed E-state index contributed by atoms with van der Waals surface area (Å²) in [7, 11) is 0. The molecule has 1 atom stereocenters. The van der Waals surface area contributed by atoms with Gasteiger partial charge in [-0.25, -0.2) is 9.97 Å². The topological polar surface area (TPSA) is 115 Å². The molecular weight excluding hydrogens is 452 g/mol. The van der Waals surface area contributed by atoms with Gasteiger partial charge in [-0.2, -0.15) is 0 Å². The first-order valence-corrected chi connectivity index (χ1v) is 11.2. The summed E-state index contributed by atoms with van der Waals surface area (Å²) in [6.07, 6.45) is 3.19. The van der Waals surface area contributed by atoms with E-state index in [0.29, 0.717) is 28.9 Å². The molecule has 34 heavy (non-hydrogen) atoms. The van der Waals surface area contributed by atoms with E-state index in [4.69, 9.17) is 22.1 Å². The van der Waals surface area contributed by atoms with Gasteiger partial charge < -0.3 is 21.1 Å². The van der Waals surface area contributed by atoms with Gasteiger partial charge in [0.25, 0.3) is 0 Å². The molecule has 2 aromatic heterocycles. The quantitative estimate of drug-likeness (QED) is 0.330. The standard InChI is InChI=1S/C25H25ClN6O2/c1-15(2)23(27)25(33)32-16-6-8-21-19(11-16)24(30-14-29-21)31-17-7-9-22(20(26)12-17)34-13-18-5-3-4-10-28-18/h3-12,14-15,23H,13,27H2,1-2H3,(H,32,33)(H,29,30,31)/t23-/m0/s1. The molecule has 0 spiro atoms. The van der Waals surface area contributed by atoms with Gasteiger partial charge >= 0.3 is 0 Å². The van der Waals surface area contributed by atoms with Crippen LogP contribution < -0.4 is 21.1 Å². The van der Waals surface area contributed by atoms with Crippen molar-refractivity contribution in [3.05, 3.63) is 77.8 Å². The number of halogens is 1. The molecule has 0 unspecified atom stereocenters. The lowest BCUT2D eigenvalue weighted by Crippen LogP contribution is -2.39. The van der Waals surface area contributed by atoms with Crippen LogP contribution in [0.25, 0.3) is 10.9 Å². The average Bonchev–Trinajstić information content (AvgIpc) is 2.84. The van der Waals surface area contributed by atoms with Gasteiger partial charge in [-0.1, -0.05) is 31.5 Å². The molecule has 4 rings (SSSR count). The van der Waals surface area contributed by atoms with E-state index in [1.165, 1.54) is 6.33 Å². The van der Waals surface area contributed by atoms with E-state index in [1.54, 1.807) is 24.4 Å². The Morgan fingerprint density at radius 3 is 2.62 bits per heavy atom. The first kappa shape index (κ1) is 23.4. The summed E-state index contributed by atoms with van der Waals surface area (Å²) in [6.45, 7) is 4.12. The Kier molecular flexibility index (Phi) is 7.20. The van der Waals surface area contributed by atoms with Gasteiger partial charge in [0.1, 0.15) is 24.5 Å². The molecule has 0 aliphatic heterocycles. The number of carbonyl (C=O) groups excluding carboxylic acids is 1. The van der Waals surface area contributed by atoms with E-state index in [0.717, 1.165) is 22.3 Å². The number of benzene rings is 2. The molecule has 0 bridgehead atoms. The van der Waals surface area contributed by atoms with Crippen molar-refractivity contribution in [2.24, 2.45) is 11.7 Å². The summed E-state index contributed by atoms with van der Waals surface area (Å²) < 4.78 is 5.79. The predicted octanol–water partition coefficient (Wildman–Crippen LogP) is 4.92. The van der Waals surface area contributed by atoms with Gasteiger partial charge in [-0.15, -0.1) is 0 Å². The number of hydrogen-bond acceptors (Lipinski definition) is 7. The summed E-state index contributed by atoms with van der Waals surface area (Å²) in [6, 6.07) is 15.9. The third-order valence-electron chi connectivity index (χ3n) is 5.22. The fourth-order valence-corrected chi connectivity index (χ4v) is 3.47. The average molecular weight is 477 g/mol. The van der Waals surface area contributed by atoms with Gasteiger partial charge in [-0.3, -0.25) is 9.78 Å². The number of carbonyl (C=O) groups is 1. The zero-order chi connectivity index (χ0) is 24.1. The molecule has 2 heterocycles. The minimum absolute atomic E-state index is 0.0293. The van der Waals surface area contributed by atoms with Crippen molar-refractivity contribution in [3.63, 3.8) is 0 Å². The summed E-state index contributed by atoms with van der Waals surface area (Å²) in [5.41, 5.74) is 8.84. The van der Waals surface area contributed by atoms with Gasteiger partial charge in [0.2, 0.25) is 5.91 Å². The van der Waals surface area contributed by atoms with Crippen LogP contribution in [0.1, 0.15) is 19.5 Å². The zero-order valence-electron chi connectivity index (χ0n) is 18.8. The third kappa shape index (κ3) is 5.59. The maximum absolute atomic E-state index is 12.4. The van der Waals surface area contributed by atoms with Crippen LogP contribution in [0.3, 0.4) is 0 Å². The van der Waals surface area contributed by atoms with Crippen molar-refractivity contribution in [1.82, 2.24) is 15.0 Å². The molecule has 0 radical (unpaired) electrons. The highest BCUT2D eigenvalue weighted by atomic mass is 35.5. The normalized spacial score (nSPS) is 11.9. The van der Waals surface area contributed by atoms with Crippen molar-refractivity contribution in [2.45, 2.75) is 26.5 Å². The molecule has 0 saturated carbocycles. The number of nitrogens with zero attached hydrogens (tertiary/aromatic N) is 3. The molecule has 4 aromatic rings. The van der Waals surface area contributed by atoms with Gasteiger partial charge in [0.05, 0.1) is 22.3 Å². The Bertz CT molecular complexity index is 1300. The number of hydrogen-bond donors (Lipinski definition) is 3. The fourth-order valence-electron chi connectivity index (χ4n) is 3.23. The number of aromatic nitrogens is 3. The first-order valence-electron chi connectivity index (χ1n) is 10.8. The van der Waals surface area contributed by atoms with E-state index in [9.17, 15) is 4.79 Å². The number of nitrogens with one attached hydrogen (secondary N) is 2. The van der Waals surface area contributed by atoms with Crippen LogP contribution in [-0.2, 0) is 11.4 Å². The van der Waals surface area contributed by atoms with Crippen LogP contribution in [0.4, 0.5) is 17.2 Å². The molecule has 0 aliphatic rings. The molecule has 2 aromatic carbocycles. The molecule has 0 fully saturated rings. The number of ether oxygens (including phenoxy) is 1. The second kappa shape index (κ2) is 10.5. The highest BCUT2D eigenvalue weighted by Gasteiger charge is 2.17. The van der Waals surface area contributed by atoms with Crippen LogP contribution >= 0.6 is 11.6 Å². The van der Waals surface area contributed by atoms with Crippen LogP contribution in [0.2, 0.25) is 5.02 Å². The summed E-state index contributed by atoms with van der Waals surface area (Å²) in [5, 5.41) is 7.32. The molecule has 174 valence electrons. The Morgan fingerprint density at radius 1 is 1.06 bits per heavy atom. The van der Waals surface area contributed by atoms with Gasteiger partial charge in [-0.05, 0) is 54.4 Å². The minimum atomic E-state index is -0.596. The van der Waals surface area contributed by atoms with Crippen molar-refractivity contribution in [3.8, 4) is 5.75 Å². The first-order chi connectivity index (χ1) is 16.4. The lowest BCUT2D eigenvalue weighted by Gasteiger charge is -2.16. The SMILES string of the molecule is CC(C)[C@H](N)C(=O)Nc1ccc2ncnc(Nc3ccc(OCc4ccccn4)c(Cl)c3)c2c1. The van der Waals surface area contributed by atoms with E-state index in [-0.39, 0.29) is 11.8 Å². The monoisotopic (exact) mass is 476 g/mol. The van der Waals surface area contributed by atoms with Gasteiger partial charge in [0, 0.05) is 23.0 Å². The summed E-state index contributed by atoms with van der Waals surface area (Å²) in [5.74, 6) is 0.917. The Balaban J connectivity index is 1.52. The Morgan fingerprint density at radius 2 is 1.88 bits per heavy atom. The Hall–Kier alpha value is -3.75. The summed E-state index contributed by atoms with van der Waals surface area (Å²) in [4.78, 5) is 25.3. The molecule has 0 aliphatic carbocycles. The van der Waals surface area contributed by atoms with Crippen LogP contribution in [0.15, 0.2) is 67.1 Å². The van der Waals surface area contributed by atoms with E-state index in [2.05, 4.69) is 25.6 Å². The maximum atomic E-state index is 12.4. The Labute approximate surface area is 202 Å². The van der Waals surface area contributed by atoms with Crippen LogP contribution in [0.5, 0.6) is 5.75 Å². The lowest BCUT2D eigenvalue weighted by molar-refractivity contribution is -0.118. The maximum Gasteiger partial charge on any atom is 0.241 e. The highest BCUT2D eigenvalue weighted by molar-refractivity contribution is 6.32. The zero-order valence-corrected chi connectivity index (χ0v) is 19.6.